The molecular weight excluding hydrogens is 411 g/mol. The van der Waals surface area contributed by atoms with Crippen molar-refractivity contribution in [3.8, 4) is 0 Å². The summed E-state index contributed by atoms with van der Waals surface area (Å²) < 4.78 is 6.01. The number of esters is 1. The number of carbonyl (C=O) groups is 2. The Hall–Kier alpha value is -0.0961. The minimum absolute atomic E-state index is 0. The molecule has 109 valence electrons. The zero-order chi connectivity index (χ0) is 14.3. The van der Waals surface area contributed by atoms with Crippen LogP contribution in [0.2, 0.25) is 0 Å². The van der Waals surface area contributed by atoms with Crippen LogP contribution >= 0.6 is 15.9 Å². The van der Waals surface area contributed by atoms with E-state index in [0.717, 1.165) is 10.9 Å². The SMILES string of the molecule is CN1[C@@H]2C[C@@H]2C[C@H]1C(=O)OCC(=O)c1[c-]cc(Br)cc1.[Y]. The van der Waals surface area contributed by atoms with Crippen molar-refractivity contribution in [2.45, 2.75) is 24.9 Å². The molecule has 2 aliphatic rings. The van der Waals surface area contributed by atoms with E-state index in [1.54, 1.807) is 18.2 Å². The van der Waals surface area contributed by atoms with Gasteiger partial charge in [-0.05, 0) is 25.8 Å². The van der Waals surface area contributed by atoms with Gasteiger partial charge in [-0.15, -0.1) is 45.8 Å². The normalized spacial score (nSPS) is 26.7. The Bertz CT molecular complexity index is 548. The fourth-order valence-electron chi connectivity index (χ4n) is 2.82. The van der Waals surface area contributed by atoms with E-state index < -0.39 is 0 Å². The Balaban J connectivity index is 0.00000161. The van der Waals surface area contributed by atoms with Crippen LogP contribution in [-0.2, 0) is 42.2 Å². The van der Waals surface area contributed by atoms with E-state index in [1.165, 1.54) is 6.42 Å². The maximum absolute atomic E-state index is 12.0. The molecule has 0 spiro atoms. The molecule has 1 aliphatic carbocycles. The first-order valence-electron chi connectivity index (χ1n) is 6.65. The average Bonchev–Trinajstić information content (AvgIpc) is 3.15. The van der Waals surface area contributed by atoms with Gasteiger partial charge in [-0.25, -0.2) is 0 Å². The van der Waals surface area contributed by atoms with Gasteiger partial charge in [-0.2, -0.15) is 0 Å². The molecule has 21 heavy (non-hydrogen) atoms. The second-order valence-electron chi connectivity index (χ2n) is 5.43. The van der Waals surface area contributed by atoms with Crippen molar-refractivity contribution >= 4 is 27.7 Å². The van der Waals surface area contributed by atoms with Crippen LogP contribution in [0.5, 0.6) is 0 Å². The average molecular weight is 426 g/mol. The summed E-state index contributed by atoms with van der Waals surface area (Å²) in [4.78, 5) is 25.9. The summed E-state index contributed by atoms with van der Waals surface area (Å²) in [7, 11) is 1.95. The van der Waals surface area contributed by atoms with Crippen molar-refractivity contribution in [1.29, 1.82) is 0 Å². The van der Waals surface area contributed by atoms with Gasteiger partial charge < -0.3 is 9.53 Å². The first kappa shape index (κ1) is 17.3. The number of hydrogen-bond acceptors (Lipinski definition) is 4. The van der Waals surface area contributed by atoms with Crippen LogP contribution in [0.1, 0.15) is 23.2 Å². The van der Waals surface area contributed by atoms with Crippen LogP contribution in [0.25, 0.3) is 0 Å². The third kappa shape index (κ3) is 3.81. The molecule has 1 aliphatic heterocycles. The molecule has 1 radical (unpaired) electrons. The quantitative estimate of drug-likeness (QED) is 0.421. The number of Topliss-reactive ketones (excluding diaryl/α,β-unsaturated/α-hetero) is 1. The largest absolute Gasteiger partial charge is 0.466 e. The number of likely N-dealkylation sites (N-methyl/N-ethyl adjacent to an activating group) is 1. The van der Waals surface area contributed by atoms with E-state index in [2.05, 4.69) is 26.9 Å². The zero-order valence-corrected chi connectivity index (χ0v) is 16.1. The first-order chi connectivity index (χ1) is 9.56. The fraction of sp³-hybridized carbons (Fsp3) is 0.467. The minimum Gasteiger partial charge on any atom is -0.466 e. The molecule has 0 N–H and O–H groups in total. The number of ketones is 1. The Kier molecular flexibility index (Phi) is 5.74. The summed E-state index contributed by atoms with van der Waals surface area (Å²) in [5, 5.41) is 0. The van der Waals surface area contributed by atoms with Crippen LogP contribution in [0.15, 0.2) is 22.7 Å². The van der Waals surface area contributed by atoms with Gasteiger partial charge in [-0.1, -0.05) is 4.47 Å². The third-order valence-electron chi connectivity index (χ3n) is 4.12. The molecule has 0 unspecified atom stereocenters. The maximum atomic E-state index is 12.0. The smallest absolute Gasteiger partial charge is 0.323 e. The summed E-state index contributed by atoms with van der Waals surface area (Å²) in [6, 6.07) is 8.32. The summed E-state index contributed by atoms with van der Waals surface area (Å²) in [6.45, 7) is -0.212. The van der Waals surface area contributed by atoms with Crippen molar-refractivity contribution in [2.75, 3.05) is 13.7 Å². The Morgan fingerprint density at radius 1 is 1.43 bits per heavy atom. The molecule has 1 saturated heterocycles. The van der Waals surface area contributed by atoms with Crippen LogP contribution in [0, 0.1) is 12.0 Å². The molecule has 0 amide bonds. The van der Waals surface area contributed by atoms with E-state index in [0.29, 0.717) is 17.5 Å². The number of hydrogen-bond donors (Lipinski definition) is 0. The molecule has 1 aromatic carbocycles. The number of nitrogens with zero attached hydrogens (tertiary/aromatic N) is 1. The minimum atomic E-state index is -0.287. The Morgan fingerprint density at radius 3 is 2.76 bits per heavy atom. The van der Waals surface area contributed by atoms with Gasteiger partial charge in [0.1, 0.15) is 18.4 Å². The van der Waals surface area contributed by atoms with Gasteiger partial charge in [0, 0.05) is 38.8 Å². The molecule has 1 aromatic rings. The van der Waals surface area contributed by atoms with E-state index in [-0.39, 0.29) is 57.1 Å². The van der Waals surface area contributed by atoms with Gasteiger partial charge in [0.25, 0.3) is 0 Å². The summed E-state index contributed by atoms with van der Waals surface area (Å²) in [6.07, 6.45) is 2.05. The van der Waals surface area contributed by atoms with Crippen LogP contribution in [-0.4, -0.2) is 42.4 Å². The predicted octanol–water partition coefficient (Wildman–Crippen LogP) is 2.07. The van der Waals surface area contributed by atoms with E-state index in [4.69, 9.17) is 4.74 Å². The van der Waals surface area contributed by atoms with Crippen LogP contribution < -0.4 is 0 Å². The number of benzene rings is 1. The Labute approximate surface area is 157 Å². The van der Waals surface area contributed by atoms with Crippen molar-refractivity contribution < 1.29 is 47.0 Å². The van der Waals surface area contributed by atoms with Crippen molar-refractivity contribution in [1.82, 2.24) is 4.90 Å². The molecule has 4 nitrogen and oxygen atoms in total. The second-order valence-corrected chi connectivity index (χ2v) is 6.35. The standard InChI is InChI=1S/C15H15BrNO3.Y/c1-17-12-6-10(12)7-13(17)15(19)20-8-14(18)9-2-4-11(16)5-3-9;/h2,4-5,10,12-13H,6-8H2,1H3;/q-1;/t10-,12-,13+;/m1./s1. The van der Waals surface area contributed by atoms with Crippen molar-refractivity contribution in [2.24, 2.45) is 5.92 Å². The summed E-state index contributed by atoms with van der Waals surface area (Å²) >= 11 is 3.28. The monoisotopic (exact) mass is 425 g/mol. The molecule has 2 fully saturated rings. The first-order valence-corrected chi connectivity index (χ1v) is 7.44. The van der Waals surface area contributed by atoms with Gasteiger partial charge in [0.05, 0.1) is 0 Å². The van der Waals surface area contributed by atoms with Gasteiger partial charge in [0.15, 0.2) is 0 Å². The molecule has 1 saturated carbocycles. The Morgan fingerprint density at radius 2 is 2.19 bits per heavy atom. The van der Waals surface area contributed by atoms with E-state index in [1.807, 2.05) is 7.05 Å². The number of likely N-dealkylation sites (tertiary alicyclic amines) is 1. The van der Waals surface area contributed by atoms with Gasteiger partial charge in [0.2, 0.25) is 0 Å². The topological polar surface area (TPSA) is 46.6 Å². The summed E-state index contributed by atoms with van der Waals surface area (Å²) in [5.74, 6) is 0.134. The van der Waals surface area contributed by atoms with Crippen LogP contribution in [0.4, 0.5) is 0 Å². The third-order valence-corrected chi connectivity index (χ3v) is 4.61. The number of halogens is 1. The molecule has 0 aromatic heterocycles. The van der Waals surface area contributed by atoms with Gasteiger partial charge >= 0.3 is 5.97 Å². The number of carbonyl (C=O) groups excluding carboxylic acids is 2. The van der Waals surface area contributed by atoms with Crippen molar-refractivity contribution in [3.63, 3.8) is 0 Å². The molecule has 1 heterocycles. The van der Waals surface area contributed by atoms with Crippen LogP contribution in [0.3, 0.4) is 0 Å². The number of ether oxygens (including phenoxy) is 1. The van der Waals surface area contributed by atoms with Crippen molar-refractivity contribution in [3.05, 3.63) is 34.3 Å². The zero-order valence-electron chi connectivity index (χ0n) is 11.7. The molecule has 0 bridgehead atoms. The molecule has 3 rings (SSSR count). The molecular formula is C15H15BrNO3Y-. The number of piperidine rings is 1. The maximum Gasteiger partial charge on any atom is 0.323 e. The predicted molar refractivity (Wildman–Crippen MR) is 76.3 cm³/mol. The molecule has 6 heteroatoms. The van der Waals surface area contributed by atoms with Gasteiger partial charge in [-0.3, -0.25) is 9.69 Å². The van der Waals surface area contributed by atoms with E-state index in [9.17, 15) is 9.59 Å². The second kappa shape index (κ2) is 6.99. The summed E-state index contributed by atoms with van der Waals surface area (Å²) in [5.41, 5.74) is 0.434. The molecule has 3 atom stereocenters. The van der Waals surface area contributed by atoms with E-state index >= 15 is 0 Å². The number of fused-ring (bicyclic) bond motifs is 1. The number of rotatable bonds is 4. The fourth-order valence-corrected chi connectivity index (χ4v) is 3.07.